The van der Waals surface area contributed by atoms with E-state index in [0.29, 0.717) is 23.8 Å². The first-order valence-electron chi connectivity index (χ1n) is 8.44. The van der Waals surface area contributed by atoms with Gasteiger partial charge in [-0.25, -0.2) is 4.79 Å². The smallest absolute Gasteiger partial charge is 0.350 e. The van der Waals surface area contributed by atoms with Crippen LogP contribution in [0.15, 0.2) is 53.3 Å². The third-order valence-electron chi connectivity index (χ3n) is 4.56. The molecule has 0 spiro atoms. The second kappa shape index (κ2) is 6.97. The van der Waals surface area contributed by atoms with Crippen LogP contribution in [-0.4, -0.2) is 32.9 Å². The van der Waals surface area contributed by atoms with Crippen LogP contribution in [-0.2, 0) is 19.6 Å². The van der Waals surface area contributed by atoms with E-state index in [-0.39, 0.29) is 5.69 Å². The highest BCUT2D eigenvalue weighted by atomic mass is 35.5. The molecule has 0 saturated carbocycles. The summed E-state index contributed by atoms with van der Waals surface area (Å²) in [6.45, 7) is 2.88. The van der Waals surface area contributed by atoms with Gasteiger partial charge < -0.3 is 4.74 Å². The average molecular weight is 371 g/mol. The second-order valence-corrected chi connectivity index (χ2v) is 6.74. The molecule has 2 heterocycles. The van der Waals surface area contributed by atoms with Gasteiger partial charge in [0, 0.05) is 24.7 Å². The maximum atomic E-state index is 12.6. The Hall–Kier alpha value is -2.57. The molecular formula is C19H19ClN4O2. The lowest BCUT2D eigenvalue weighted by Gasteiger charge is -2.26. The van der Waals surface area contributed by atoms with E-state index in [1.807, 2.05) is 24.3 Å². The van der Waals surface area contributed by atoms with E-state index in [4.69, 9.17) is 16.3 Å². The number of hydrogen-bond acceptors (Lipinski definition) is 4. The van der Waals surface area contributed by atoms with Gasteiger partial charge >= 0.3 is 5.69 Å². The van der Waals surface area contributed by atoms with Crippen molar-refractivity contribution in [2.45, 2.75) is 19.6 Å². The largest absolute Gasteiger partial charge is 0.497 e. The van der Waals surface area contributed by atoms with Crippen LogP contribution in [0.1, 0.15) is 11.4 Å². The van der Waals surface area contributed by atoms with Crippen molar-refractivity contribution in [3.05, 3.63) is 75.4 Å². The molecule has 1 aliphatic heterocycles. The highest BCUT2D eigenvalue weighted by molar-refractivity contribution is 6.30. The molecule has 0 aliphatic carbocycles. The van der Waals surface area contributed by atoms with Gasteiger partial charge in [0.1, 0.15) is 11.6 Å². The predicted molar refractivity (Wildman–Crippen MR) is 99.9 cm³/mol. The van der Waals surface area contributed by atoms with E-state index in [9.17, 15) is 4.79 Å². The van der Waals surface area contributed by atoms with Gasteiger partial charge in [-0.2, -0.15) is 4.68 Å². The fourth-order valence-electron chi connectivity index (χ4n) is 3.20. The van der Waals surface area contributed by atoms with Crippen LogP contribution < -0.4 is 10.4 Å². The molecule has 0 N–H and O–H groups in total. The quantitative estimate of drug-likeness (QED) is 0.708. The molecule has 0 radical (unpaired) electrons. The Labute approximate surface area is 156 Å². The zero-order valence-corrected chi connectivity index (χ0v) is 15.2. The van der Waals surface area contributed by atoms with Crippen LogP contribution in [0.3, 0.4) is 0 Å². The lowest BCUT2D eigenvalue weighted by Crippen LogP contribution is -2.37. The van der Waals surface area contributed by atoms with Crippen molar-refractivity contribution in [1.82, 2.24) is 19.2 Å². The number of ether oxygens (including phenoxy) is 1. The molecule has 7 heteroatoms. The van der Waals surface area contributed by atoms with Crippen LogP contribution in [0.25, 0.3) is 5.69 Å². The molecule has 2 aromatic carbocycles. The van der Waals surface area contributed by atoms with E-state index >= 15 is 0 Å². The molecule has 0 bridgehead atoms. The zero-order chi connectivity index (χ0) is 18.1. The van der Waals surface area contributed by atoms with Gasteiger partial charge in [0.2, 0.25) is 0 Å². The minimum absolute atomic E-state index is 0.119. The third-order valence-corrected chi connectivity index (χ3v) is 4.80. The van der Waals surface area contributed by atoms with Crippen molar-refractivity contribution in [1.29, 1.82) is 0 Å². The van der Waals surface area contributed by atoms with Gasteiger partial charge in [-0.1, -0.05) is 29.8 Å². The fourth-order valence-corrected chi connectivity index (χ4v) is 3.38. The first-order chi connectivity index (χ1) is 12.6. The molecule has 6 nitrogen and oxygen atoms in total. The summed E-state index contributed by atoms with van der Waals surface area (Å²) in [7, 11) is 1.66. The number of rotatable bonds is 4. The van der Waals surface area contributed by atoms with E-state index in [1.54, 1.807) is 23.8 Å². The summed E-state index contributed by atoms with van der Waals surface area (Å²) < 4.78 is 8.37. The van der Waals surface area contributed by atoms with Gasteiger partial charge in [-0.3, -0.25) is 9.47 Å². The first-order valence-corrected chi connectivity index (χ1v) is 8.82. The van der Waals surface area contributed by atoms with Crippen molar-refractivity contribution < 1.29 is 4.74 Å². The Morgan fingerprint density at radius 1 is 1.15 bits per heavy atom. The molecule has 0 fully saturated rings. The lowest BCUT2D eigenvalue weighted by atomic mass is 10.2. The Balaban J connectivity index is 1.55. The molecule has 1 aromatic heterocycles. The van der Waals surface area contributed by atoms with Crippen molar-refractivity contribution in [3.63, 3.8) is 0 Å². The van der Waals surface area contributed by atoms with Gasteiger partial charge in [0.05, 0.1) is 19.3 Å². The van der Waals surface area contributed by atoms with Crippen LogP contribution in [0.2, 0.25) is 5.02 Å². The number of methoxy groups -OCH3 is 1. The van der Waals surface area contributed by atoms with Crippen LogP contribution in [0, 0.1) is 0 Å². The Bertz CT molecular complexity index is 978. The van der Waals surface area contributed by atoms with Crippen LogP contribution in [0.5, 0.6) is 5.75 Å². The fraction of sp³-hybridized carbons (Fsp3) is 0.263. The zero-order valence-electron chi connectivity index (χ0n) is 14.4. The summed E-state index contributed by atoms with van der Waals surface area (Å²) in [5.41, 5.74) is 1.77. The molecular weight excluding hydrogens is 352 g/mol. The maximum Gasteiger partial charge on any atom is 0.350 e. The number of nitrogens with zero attached hydrogens (tertiary/aromatic N) is 4. The van der Waals surface area contributed by atoms with E-state index in [2.05, 4.69) is 22.1 Å². The van der Waals surface area contributed by atoms with Gasteiger partial charge in [-0.05, 0) is 35.9 Å². The highest BCUT2D eigenvalue weighted by Gasteiger charge is 2.22. The summed E-state index contributed by atoms with van der Waals surface area (Å²) >= 11 is 6.04. The molecule has 0 amide bonds. The molecule has 26 heavy (non-hydrogen) atoms. The van der Waals surface area contributed by atoms with Gasteiger partial charge in [0.15, 0.2) is 0 Å². The number of benzene rings is 2. The predicted octanol–water partition coefficient (Wildman–Crippen LogP) is 2.71. The summed E-state index contributed by atoms with van der Waals surface area (Å²) in [6.07, 6.45) is 0. The number of aromatic nitrogens is 3. The summed E-state index contributed by atoms with van der Waals surface area (Å²) in [6, 6.07) is 15.2. The number of halogens is 1. The van der Waals surface area contributed by atoms with Crippen molar-refractivity contribution in [2.75, 3.05) is 13.7 Å². The molecule has 0 unspecified atom stereocenters. The topological polar surface area (TPSA) is 52.3 Å². The molecule has 1 aliphatic rings. The molecule has 0 atom stereocenters. The molecule has 0 saturated heterocycles. The van der Waals surface area contributed by atoms with Crippen molar-refractivity contribution in [2.24, 2.45) is 0 Å². The monoisotopic (exact) mass is 370 g/mol. The Kier molecular flexibility index (Phi) is 4.53. The average Bonchev–Trinajstić information content (AvgIpc) is 2.98. The van der Waals surface area contributed by atoms with Gasteiger partial charge in [0.25, 0.3) is 0 Å². The second-order valence-electron chi connectivity index (χ2n) is 6.30. The van der Waals surface area contributed by atoms with Gasteiger partial charge in [-0.15, -0.1) is 5.10 Å². The number of fused-ring (bicyclic) bond motifs is 1. The lowest BCUT2D eigenvalue weighted by molar-refractivity contribution is 0.207. The minimum Gasteiger partial charge on any atom is -0.497 e. The molecule has 3 aromatic rings. The summed E-state index contributed by atoms with van der Waals surface area (Å²) in [5.74, 6) is 1.62. The molecule has 134 valence electrons. The van der Waals surface area contributed by atoms with Crippen molar-refractivity contribution in [3.8, 4) is 11.4 Å². The normalized spacial score (nSPS) is 14.2. The molecule has 4 rings (SSSR count). The van der Waals surface area contributed by atoms with Crippen LogP contribution in [0.4, 0.5) is 0 Å². The standard InChI is InChI=1S/C19H19ClN4O2/c1-26-17-7-5-14(6-8-17)12-22-9-10-23-18(13-22)21-24(19(23)25)16-4-2-3-15(20)11-16/h2-8,11H,9-10,12-13H2,1H3. The maximum absolute atomic E-state index is 12.6. The number of hydrogen-bond donors (Lipinski definition) is 0. The summed E-state index contributed by atoms with van der Waals surface area (Å²) in [4.78, 5) is 14.9. The van der Waals surface area contributed by atoms with E-state index < -0.39 is 0 Å². The summed E-state index contributed by atoms with van der Waals surface area (Å²) in [5, 5.41) is 5.11. The van der Waals surface area contributed by atoms with E-state index in [1.165, 1.54) is 10.2 Å². The Morgan fingerprint density at radius 3 is 2.69 bits per heavy atom. The SMILES string of the molecule is COc1ccc(CN2CCn3c(nn(-c4cccc(Cl)c4)c3=O)C2)cc1. The minimum atomic E-state index is -0.119. The third kappa shape index (κ3) is 3.25. The first kappa shape index (κ1) is 16.9. The van der Waals surface area contributed by atoms with Crippen LogP contribution >= 0.6 is 11.6 Å². The Morgan fingerprint density at radius 2 is 1.96 bits per heavy atom. The van der Waals surface area contributed by atoms with Crippen molar-refractivity contribution >= 4 is 11.6 Å². The highest BCUT2D eigenvalue weighted by Crippen LogP contribution is 2.17. The van der Waals surface area contributed by atoms with E-state index in [0.717, 1.165) is 24.7 Å².